The van der Waals surface area contributed by atoms with E-state index in [1.165, 1.54) is 21.5 Å². The van der Waals surface area contributed by atoms with E-state index in [0.29, 0.717) is 0 Å². The third kappa shape index (κ3) is 3.12. The van der Waals surface area contributed by atoms with Crippen LogP contribution in [0.25, 0.3) is 55.3 Å². The Bertz CT molecular complexity index is 1560. The van der Waals surface area contributed by atoms with Crippen molar-refractivity contribution in [1.29, 1.82) is 0 Å². The summed E-state index contributed by atoms with van der Waals surface area (Å²) < 4.78 is 0. The summed E-state index contributed by atoms with van der Waals surface area (Å²) in [7, 11) is 0. The number of hydrogen-bond acceptors (Lipinski definition) is 3. The molecule has 3 heteroatoms. The normalized spacial score (nSPS) is 11.1. The first-order valence-corrected chi connectivity index (χ1v) is 10.6. The van der Waals surface area contributed by atoms with Gasteiger partial charge in [0.05, 0.1) is 17.1 Å². The molecule has 0 aliphatic heterocycles. The van der Waals surface area contributed by atoms with E-state index in [1.807, 2.05) is 48.8 Å². The smallest absolute Gasteiger partial charge is 0.0986 e. The monoisotopic (exact) mass is 409 g/mol. The summed E-state index contributed by atoms with van der Waals surface area (Å²) in [5.74, 6) is 0. The maximum absolute atomic E-state index is 4.74. The van der Waals surface area contributed by atoms with Gasteiger partial charge in [-0.1, -0.05) is 54.6 Å². The van der Waals surface area contributed by atoms with Crippen LogP contribution in [0.3, 0.4) is 0 Å². The van der Waals surface area contributed by atoms with Crippen LogP contribution in [0, 0.1) is 0 Å². The van der Waals surface area contributed by atoms with Crippen LogP contribution < -0.4 is 0 Å². The number of pyridine rings is 3. The molecule has 0 amide bonds. The first kappa shape index (κ1) is 18.4. The maximum Gasteiger partial charge on any atom is 0.0986 e. The first-order valence-electron chi connectivity index (χ1n) is 10.6. The van der Waals surface area contributed by atoms with Crippen LogP contribution in [0.15, 0.2) is 116 Å². The average Bonchev–Trinajstić information content (AvgIpc) is 2.87. The predicted octanol–water partition coefficient (Wildman–Crippen LogP) is 7.18. The SMILES string of the molecule is c1ccc(-c2nccc(-c3cccc4cc5ccccc5cc34)c2-c2ccccn2)nc1. The molecule has 0 fully saturated rings. The van der Waals surface area contributed by atoms with Gasteiger partial charge in [0.25, 0.3) is 0 Å². The van der Waals surface area contributed by atoms with Crippen molar-refractivity contribution in [3.63, 3.8) is 0 Å². The molecule has 0 atom stereocenters. The highest BCUT2D eigenvalue weighted by atomic mass is 14.8. The summed E-state index contributed by atoms with van der Waals surface area (Å²) in [6.45, 7) is 0. The Morgan fingerprint density at radius 1 is 0.438 bits per heavy atom. The van der Waals surface area contributed by atoms with E-state index in [-0.39, 0.29) is 0 Å². The zero-order valence-corrected chi connectivity index (χ0v) is 17.3. The number of aromatic nitrogens is 3. The molecular weight excluding hydrogens is 390 g/mol. The molecule has 0 saturated carbocycles. The summed E-state index contributed by atoms with van der Waals surface area (Å²) in [6, 6.07) is 33.5. The zero-order valence-electron chi connectivity index (χ0n) is 17.3. The summed E-state index contributed by atoms with van der Waals surface area (Å²) in [5, 5.41) is 4.89. The summed E-state index contributed by atoms with van der Waals surface area (Å²) in [5.41, 5.74) is 5.80. The Morgan fingerprint density at radius 3 is 1.88 bits per heavy atom. The van der Waals surface area contributed by atoms with Crippen molar-refractivity contribution in [1.82, 2.24) is 15.0 Å². The summed E-state index contributed by atoms with van der Waals surface area (Å²) >= 11 is 0. The molecule has 3 nitrogen and oxygen atoms in total. The van der Waals surface area contributed by atoms with E-state index < -0.39 is 0 Å². The second-order valence-electron chi connectivity index (χ2n) is 7.74. The largest absolute Gasteiger partial charge is 0.256 e. The Kier molecular flexibility index (Phi) is 4.43. The van der Waals surface area contributed by atoms with Gasteiger partial charge in [-0.05, 0) is 75.1 Å². The minimum atomic E-state index is 0.833. The third-order valence-electron chi connectivity index (χ3n) is 5.82. The lowest BCUT2D eigenvalue weighted by molar-refractivity contribution is 1.23. The molecule has 3 aromatic carbocycles. The van der Waals surface area contributed by atoms with Crippen molar-refractivity contribution in [3.05, 3.63) is 116 Å². The Balaban J connectivity index is 1.70. The number of benzene rings is 3. The van der Waals surface area contributed by atoms with Gasteiger partial charge in [0.1, 0.15) is 0 Å². The van der Waals surface area contributed by atoms with Crippen LogP contribution in [0.5, 0.6) is 0 Å². The van der Waals surface area contributed by atoms with Gasteiger partial charge in [0.15, 0.2) is 0 Å². The first-order chi connectivity index (χ1) is 15.9. The molecule has 0 saturated heterocycles. The fourth-order valence-corrected chi connectivity index (χ4v) is 4.35. The van der Waals surface area contributed by atoms with Gasteiger partial charge in [-0.15, -0.1) is 0 Å². The van der Waals surface area contributed by atoms with Crippen molar-refractivity contribution in [3.8, 4) is 33.8 Å². The minimum Gasteiger partial charge on any atom is -0.256 e. The molecule has 0 radical (unpaired) electrons. The molecule has 6 rings (SSSR count). The van der Waals surface area contributed by atoms with Crippen LogP contribution in [0.4, 0.5) is 0 Å². The van der Waals surface area contributed by atoms with Crippen LogP contribution in [0.1, 0.15) is 0 Å². The van der Waals surface area contributed by atoms with Crippen molar-refractivity contribution < 1.29 is 0 Å². The van der Waals surface area contributed by atoms with E-state index in [9.17, 15) is 0 Å². The topological polar surface area (TPSA) is 38.7 Å². The lowest BCUT2D eigenvalue weighted by Gasteiger charge is -2.16. The van der Waals surface area contributed by atoms with Gasteiger partial charge < -0.3 is 0 Å². The number of rotatable bonds is 3. The number of nitrogens with zero attached hydrogens (tertiary/aromatic N) is 3. The molecule has 150 valence electrons. The van der Waals surface area contributed by atoms with Crippen LogP contribution in [-0.2, 0) is 0 Å². The quantitative estimate of drug-likeness (QED) is 0.291. The van der Waals surface area contributed by atoms with Crippen molar-refractivity contribution >= 4 is 21.5 Å². The van der Waals surface area contributed by atoms with Gasteiger partial charge >= 0.3 is 0 Å². The van der Waals surface area contributed by atoms with E-state index in [2.05, 4.69) is 70.6 Å². The molecule has 32 heavy (non-hydrogen) atoms. The van der Waals surface area contributed by atoms with Gasteiger partial charge in [0.2, 0.25) is 0 Å². The molecular formula is C29H19N3. The molecule has 3 aromatic heterocycles. The predicted molar refractivity (Wildman–Crippen MR) is 131 cm³/mol. The highest BCUT2D eigenvalue weighted by Crippen LogP contribution is 2.40. The van der Waals surface area contributed by atoms with Gasteiger partial charge in [-0.2, -0.15) is 0 Å². The molecule has 6 aromatic rings. The molecule has 0 unspecified atom stereocenters. The van der Waals surface area contributed by atoms with Gasteiger partial charge in [-0.25, -0.2) is 0 Å². The van der Waals surface area contributed by atoms with Gasteiger partial charge in [0, 0.05) is 24.2 Å². The highest BCUT2D eigenvalue weighted by Gasteiger charge is 2.18. The van der Waals surface area contributed by atoms with Crippen LogP contribution in [0.2, 0.25) is 0 Å². The molecule has 0 spiro atoms. The molecule has 0 aliphatic carbocycles. The number of hydrogen-bond donors (Lipinski definition) is 0. The highest BCUT2D eigenvalue weighted by molar-refractivity contribution is 6.07. The Labute approximate surface area is 186 Å². The van der Waals surface area contributed by atoms with Gasteiger partial charge in [-0.3, -0.25) is 15.0 Å². The molecule has 0 aliphatic rings. The fourth-order valence-electron chi connectivity index (χ4n) is 4.35. The van der Waals surface area contributed by atoms with Crippen LogP contribution in [-0.4, -0.2) is 15.0 Å². The summed E-state index contributed by atoms with van der Waals surface area (Å²) in [4.78, 5) is 14.0. The van der Waals surface area contributed by atoms with E-state index >= 15 is 0 Å². The lowest BCUT2D eigenvalue weighted by Crippen LogP contribution is -1.96. The van der Waals surface area contributed by atoms with Crippen molar-refractivity contribution in [2.24, 2.45) is 0 Å². The molecule has 0 bridgehead atoms. The Hall–Kier alpha value is -4.37. The average molecular weight is 409 g/mol. The summed E-state index contributed by atoms with van der Waals surface area (Å²) in [6.07, 6.45) is 5.49. The standard InChI is InChI=1S/C29H19N3/c1-2-9-21-19-25-22(18-20(21)8-1)10-7-11-23(25)24-14-17-32-29(27-13-4-6-16-31-27)28(24)26-12-3-5-15-30-26/h1-19H. The maximum atomic E-state index is 4.74. The van der Waals surface area contributed by atoms with E-state index in [4.69, 9.17) is 4.98 Å². The van der Waals surface area contributed by atoms with Crippen molar-refractivity contribution in [2.75, 3.05) is 0 Å². The zero-order chi connectivity index (χ0) is 21.3. The van der Waals surface area contributed by atoms with Crippen molar-refractivity contribution in [2.45, 2.75) is 0 Å². The molecule has 0 N–H and O–H groups in total. The Morgan fingerprint density at radius 2 is 1.12 bits per heavy atom. The molecule has 3 heterocycles. The van der Waals surface area contributed by atoms with E-state index in [0.717, 1.165) is 33.8 Å². The van der Waals surface area contributed by atoms with Crippen LogP contribution >= 0.6 is 0 Å². The van der Waals surface area contributed by atoms with E-state index in [1.54, 1.807) is 6.20 Å². The number of fused-ring (bicyclic) bond motifs is 2. The minimum absolute atomic E-state index is 0.833. The third-order valence-corrected chi connectivity index (χ3v) is 5.82. The fraction of sp³-hybridized carbons (Fsp3) is 0. The second-order valence-corrected chi connectivity index (χ2v) is 7.74. The lowest BCUT2D eigenvalue weighted by atomic mass is 9.91. The second kappa shape index (κ2) is 7.71.